The van der Waals surface area contributed by atoms with Gasteiger partial charge in [-0.05, 0) is 44.0 Å². The summed E-state index contributed by atoms with van der Waals surface area (Å²) in [5.41, 5.74) is 0.693. The second-order valence-corrected chi connectivity index (χ2v) is 6.78. The van der Waals surface area contributed by atoms with Crippen LogP contribution in [0.2, 0.25) is 0 Å². The summed E-state index contributed by atoms with van der Waals surface area (Å²) in [7, 11) is 0. The average molecular weight is 358 g/mol. The predicted octanol–water partition coefficient (Wildman–Crippen LogP) is 3.31. The van der Waals surface area contributed by atoms with Crippen LogP contribution in [0.15, 0.2) is 28.8 Å². The Bertz CT molecular complexity index is 719. The Labute approximate surface area is 153 Å². The number of aromatic nitrogens is 2. The van der Waals surface area contributed by atoms with Crippen molar-refractivity contribution in [3.63, 3.8) is 0 Å². The quantitative estimate of drug-likeness (QED) is 0.853. The fourth-order valence-electron chi connectivity index (χ4n) is 2.97. The molecule has 2 aromatic rings. The van der Waals surface area contributed by atoms with Crippen LogP contribution >= 0.6 is 0 Å². The molecule has 1 N–H and O–H groups in total. The smallest absolute Gasteiger partial charge is 0.321 e. The summed E-state index contributed by atoms with van der Waals surface area (Å²) in [5, 5.41) is 7.24. The molecule has 1 fully saturated rings. The number of likely N-dealkylation sites (tertiary alicyclic amines) is 1. The third-order valence-electron chi connectivity index (χ3n) is 4.48. The molecule has 0 aliphatic carbocycles. The van der Waals surface area contributed by atoms with E-state index in [1.165, 1.54) is 0 Å². The Morgan fingerprint density at radius 2 is 2.00 bits per heavy atom. The van der Waals surface area contributed by atoms with Gasteiger partial charge in [-0.2, -0.15) is 4.98 Å². The highest BCUT2D eigenvalue weighted by Gasteiger charge is 2.25. The molecule has 1 aromatic heterocycles. The molecule has 1 aromatic carbocycles. The van der Waals surface area contributed by atoms with Gasteiger partial charge in [0.1, 0.15) is 5.75 Å². The van der Waals surface area contributed by atoms with E-state index in [9.17, 15) is 4.79 Å². The van der Waals surface area contributed by atoms with Crippen molar-refractivity contribution >= 4 is 11.9 Å². The van der Waals surface area contributed by atoms with Gasteiger partial charge in [0.15, 0.2) is 5.82 Å². The summed E-state index contributed by atoms with van der Waals surface area (Å²) in [4.78, 5) is 18.9. The van der Waals surface area contributed by atoms with Crippen LogP contribution < -0.4 is 10.1 Å². The Morgan fingerprint density at radius 1 is 1.31 bits per heavy atom. The zero-order valence-corrected chi connectivity index (χ0v) is 15.6. The molecule has 0 unspecified atom stereocenters. The molecule has 0 saturated carbocycles. The number of nitrogens with one attached hydrogen (secondary N) is 1. The Balaban J connectivity index is 1.51. The molecule has 0 radical (unpaired) electrons. The molecule has 7 nitrogen and oxygen atoms in total. The van der Waals surface area contributed by atoms with E-state index in [2.05, 4.69) is 15.5 Å². The second kappa shape index (κ2) is 8.21. The van der Waals surface area contributed by atoms with Gasteiger partial charge in [0.05, 0.1) is 6.61 Å². The molecule has 1 saturated heterocycles. The van der Waals surface area contributed by atoms with E-state index in [0.717, 1.165) is 18.6 Å². The van der Waals surface area contributed by atoms with Crippen LogP contribution in [-0.2, 0) is 0 Å². The zero-order chi connectivity index (χ0) is 18.5. The van der Waals surface area contributed by atoms with Crippen LogP contribution in [0.4, 0.5) is 6.01 Å². The highest BCUT2D eigenvalue weighted by molar-refractivity contribution is 5.94. The summed E-state index contributed by atoms with van der Waals surface area (Å²) in [6.07, 6.45) is 1.70. The first-order chi connectivity index (χ1) is 12.6. The minimum Gasteiger partial charge on any atom is -0.494 e. The lowest BCUT2D eigenvalue weighted by Gasteiger charge is -2.32. The van der Waals surface area contributed by atoms with Crippen molar-refractivity contribution < 1.29 is 14.1 Å². The lowest BCUT2D eigenvalue weighted by molar-refractivity contribution is 0.0718. The van der Waals surface area contributed by atoms with Crippen molar-refractivity contribution in [1.82, 2.24) is 15.0 Å². The molecule has 0 spiro atoms. The molecule has 1 aliphatic heterocycles. The van der Waals surface area contributed by atoms with Crippen LogP contribution in [0, 0.1) is 0 Å². The summed E-state index contributed by atoms with van der Waals surface area (Å²) in [5.74, 6) is 1.79. The molecule has 0 atom stereocenters. The normalized spacial score (nSPS) is 15.3. The van der Waals surface area contributed by atoms with Crippen LogP contribution in [0.1, 0.15) is 55.7 Å². The van der Waals surface area contributed by atoms with Crippen LogP contribution in [-0.4, -0.2) is 46.7 Å². The van der Waals surface area contributed by atoms with E-state index in [-0.39, 0.29) is 17.9 Å². The van der Waals surface area contributed by atoms with E-state index in [4.69, 9.17) is 9.26 Å². The molecule has 2 heterocycles. The van der Waals surface area contributed by atoms with Crippen molar-refractivity contribution in [2.24, 2.45) is 0 Å². The largest absolute Gasteiger partial charge is 0.494 e. The number of benzene rings is 1. The highest BCUT2D eigenvalue weighted by Crippen LogP contribution is 2.20. The number of hydrogen-bond acceptors (Lipinski definition) is 6. The standard InChI is InChI=1S/C19H26N4O3/c1-4-25-16-7-5-14(6-8-16)18(24)23-11-9-15(10-12-23)20-19-21-17(13(2)3)22-26-19/h5-8,13,15H,4,9-12H2,1-3H3,(H,20,21,22). The average Bonchev–Trinajstić information content (AvgIpc) is 3.12. The number of anilines is 1. The molecule has 26 heavy (non-hydrogen) atoms. The first-order valence-corrected chi connectivity index (χ1v) is 9.19. The van der Waals surface area contributed by atoms with Crippen molar-refractivity contribution in [1.29, 1.82) is 0 Å². The topological polar surface area (TPSA) is 80.5 Å². The maximum Gasteiger partial charge on any atom is 0.321 e. The van der Waals surface area contributed by atoms with E-state index in [1.807, 2.05) is 49.9 Å². The maximum absolute atomic E-state index is 12.6. The van der Waals surface area contributed by atoms with Crippen LogP contribution in [0.5, 0.6) is 5.75 Å². The third-order valence-corrected chi connectivity index (χ3v) is 4.48. The highest BCUT2D eigenvalue weighted by atomic mass is 16.5. The predicted molar refractivity (Wildman–Crippen MR) is 98.5 cm³/mol. The lowest BCUT2D eigenvalue weighted by Crippen LogP contribution is -2.42. The molecular weight excluding hydrogens is 332 g/mol. The van der Waals surface area contributed by atoms with Gasteiger partial charge in [-0.25, -0.2) is 0 Å². The van der Waals surface area contributed by atoms with Gasteiger partial charge in [-0.15, -0.1) is 0 Å². The van der Waals surface area contributed by atoms with Crippen molar-refractivity contribution in [3.05, 3.63) is 35.7 Å². The molecular formula is C19H26N4O3. The fourth-order valence-corrected chi connectivity index (χ4v) is 2.97. The Morgan fingerprint density at radius 3 is 2.58 bits per heavy atom. The van der Waals surface area contributed by atoms with E-state index in [0.29, 0.717) is 37.1 Å². The molecule has 0 bridgehead atoms. The first kappa shape index (κ1) is 18.2. The number of carbonyl (C=O) groups excluding carboxylic acids is 1. The first-order valence-electron chi connectivity index (χ1n) is 9.19. The Kier molecular flexibility index (Phi) is 5.75. The summed E-state index contributed by atoms with van der Waals surface area (Å²) < 4.78 is 10.7. The number of piperidine rings is 1. The maximum atomic E-state index is 12.6. The van der Waals surface area contributed by atoms with Crippen molar-refractivity contribution in [2.45, 2.75) is 45.6 Å². The van der Waals surface area contributed by atoms with Gasteiger partial charge < -0.3 is 19.5 Å². The zero-order valence-electron chi connectivity index (χ0n) is 15.6. The van der Waals surface area contributed by atoms with E-state index in [1.54, 1.807) is 0 Å². The van der Waals surface area contributed by atoms with E-state index < -0.39 is 0 Å². The number of carbonyl (C=O) groups is 1. The fraction of sp³-hybridized carbons (Fsp3) is 0.526. The molecule has 7 heteroatoms. The summed E-state index contributed by atoms with van der Waals surface area (Å²) in [6.45, 7) is 8.02. The SMILES string of the molecule is CCOc1ccc(C(=O)N2CCC(Nc3nc(C(C)C)no3)CC2)cc1. The van der Waals surface area contributed by atoms with Gasteiger partial charge in [-0.3, -0.25) is 4.79 Å². The minimum atomic E-state index is 0.0615. The molecule has 1 amide bonds. The minimum absolute atomic E-state index is 0.0615. The van der Waals surface area contributed by atoms with Gasteiger partial charge in [-0.1, -0.05) is 19.0 Å². The van der Waals surface area contributed by atoms with Gasteiger partial charge in [0.25, 0.3) is 5.91 Å². The number of nitrogens with zero attached hydrogens (tertiary/aromatic N) is 3. The van der Waals surface area contributed by atoms with Crippen LogP contribution in [0.25, 0.3) is 0 Å². The van der Waals surface area contributed by atoms with Crippen molar-refractivity contribution in [2.75, 3.05) is 25.0 Å². The van der Waals surface area contributed by atoms with Gasteiger partial charge in [0, 0.05) is 30.6 Å². The lowest BCUT2D eigenvalue weighted by atomic mass is 10.0. The number of ether oxygens (including phenoxy) is 1. The van der Waals surface area contributed by atoms with Crippen molar-refractivity contribution in [3.8, 4) is 5.75 Å². The molecule has 1 aliphatic rings. The third kappa shape index (κ3) is 4.33. The number of rotatable bonds is 6. The molecule has 3 rings (SSSR count). The molecule has 140 valence electrons. The summed E-state index contributed by atoms with van der Waals surface area (Å²) >= 11 is 0. The number of hydrogen-bond donors (Lipinski definition) is 1. The summed E-state index contributed by atoms with van der Waals surface area (Å²) in [6, 6.07) is 8.03. The van der Waals surface area contributed by atoms with Gasteiger partial charge in [0.2, 0.25) is 0 Å². The van der Waals surface area contributed by atoms with E-state index >= 15 is 0 Å². The van der Waals surface area contributed by atoms with Crippen LogP contribution in [0.3, 0.4) is 0 Å². The second-order valence-electron chi connectivity index (χ2n) is 6.78. The van der Waals surface area contributed by atoms with Gasteiger partial charge >= 0.3 is 6.01 Å². The Hall–Kier alpha value is -2.57. The number of amides is 1. The monoisotopic (exact) mass is 358 g/mol.